The van der Waals surface area contributed by atoms with Crippen molar-refractivity contribution in [1.29, 1.82) is 0 Å². The Morgan fingerprint density at radius 1 is 0.929 bits per heavy atom. The molecule has 3 amide bonds. The number of amides is 3. The van der Waals surface area contributed by atoms with Crippen LogP contribution in [0.15, 0.2) is 29.6 Å². The van der Waals surface area contributed by atoms with Gasteiger partial charge in [0.2, 0.25) is 17.7 Å². The van der Waals surface area contributed by atoms with Gasteiger partial charge in [-0.15, -0.1) is 11.3 Å². The zero-order valence-corrected chi connectivity index (χ0v) is 24.3. The molecular formula is C29H33F6N3O3S. The molecule has 2 aromatic rings. The molecule has 1 aromatic carbocycles. The van der Waals surface area contributed by atoms with Gasteiger partial charge >= 0.3 is 12.4 Å². The molecule has 2 aliphatic rings. The minimum atomic E-state index is -4.98. The Morgan fingerprint density at radius 3 is 2.00 bits per heavy atom. The maximum atomic E-state index is 13.7. The predicted molar refractivity (Wildman–Crippen MR) is 144 cm³/mol. The topological polar surface area (TPSA) is 60.9 Å². The van der Waals surface area contributed by atoms with Crippen molar-refractivity contribution in [3.05, 3.63) is 56.8 Å². The Bertz CT molecular complexity index is 1280. The number of halogens is 6. The summed E-state index contributed by atoms with van der Waals surface area (Å²) >= 11 is 1.45. The first kappa shape index (κ1) is 31.8. The van der Waals surface area contributed by atoms with Crippen LogP contribution in [0.25, 0.3) is 0 Å². The fourth-order valence-electron chi connectivity index (χ4n) is 5.92. The standard InChI is InChI=1S/C29H33F6N3O3S/c1-17-7-11-42-25(17)24-16-38(26(40)20-4-8-37(9-5-20)18(2)39)10-6-23(24)27(41)36(3)15-19-12-21(28(30,31)32)14-22(13-19)29(33,34)35/h7,11-14,20,23-24H,4-6,8-10,15-16H2,1-3H3. The highest BCUT2D eigenvalue weighted by molar-refractivity contribution is 7.10. The molecular weight excluding hydrogens is 584 g/mol. The van der Waals surface area contributed by atoms with E-state index in [1.54, 1.807) is 9.80 Å². The summed E-state index contributed by atoms with van der Waals surface area (Å²) in [5.41, 5.74) is -2.19. The fraction of sp³-hybridized carbons (Fsp3) is 0.552. The van der Waals surface area contributed by atoms with E-state index in [1.807, 2.05) is 18.4 Å². The number of likely N-dealkylation sites (tertiary alicyclic amines) is 2. The second-order valence-electron chi connectivity index (χ2n) is 11.1. The molecule has 6 nitrogen and oxygen atoms in total. The summed E-state index contributed by atoms with van der Waals surface area (Å²) in [5.74, 6) is -1.67. The number of rotatable bonds is 5. The SMILES string of the molecule is CC(=O)N1CCC(C(=O)N2CCC(C(=O)N(C)Cc3cc(C(F)(F)F)cc(C(F)(F)F)c3)C(c3sccc3C)C2)CC1. The van der Waals surface area contributed by atoms with E-state index in [1.165, 1.54) is 30.2 Å². The average molecular weight is 618 g/mol. The lowest BCUT2D eigenvalue weighted by molar-refractivity contribution is -0.145. The zero-order valence-electron chi connectivity index (χ0n) is 23.5. The molecule has 2 saturated heterocycles. The molecule has 0 aliphatic carbocycles. The molecule has 0 radical (unpaired) electrons. The Kier molecular flexibility index (Phi) is 9.29. The van der Waals surface area contributed by atoms with Gasteiger partial charge in [0.1, 0.15) is 0 Å². The van der Waals surface area contributed by atoms with E-state index >= 15 is 0 Å². The molecule has 0 spiro atoms. The predicted octanol–water partition coefficient (Wildman–Crippen LogP) is 5.94. The number of thiophene rings is 1. The molecule has 1 aromatic heterocycles. The summed E-state index contributed by atoms with van der Waals surface area (Å²) in [5, 5.41) is 1.88. The van der Waals surface area contributed by atoms with Crippen LogP contribution in [0.4, 0.5) is 26.3 Å². The van der Waals surface area contributed by atoms with E-state index in [4.69, 9.17) is 0 Å². The third-order valence-corrected chi connectivity index (χ3v) is 9.36. The highest BCUT2D eigenvalue weighted by atomic mass is 32.1. The Balaban J connectivity index is 1.53. The molecule has 0 N–H and O–H groups in total. The highest BCUT2D eigenvalue weighted by Gasteiger charge is 2.41. The van der Waals surface area contributed by atoms with Crippen molar-refractivity contribution in [3.63, 3.8) is 0 Å². The molecule has 4 rings (SSSR count). The van der Waals surface area contributed by atoms with Crippen LogP contribution in [0.3, 0.4) is 0 Å². The first-order chi connectivity index (χ1) is 19.6. The number of alkyl halides is 6. The van der Waals surface area contributed by atoms with E-state index in [-0.39, 0.29) is 41.8 Å². The average Bonchev–Trinajstić information content (AvgIpc) is 3.36. The van der Waals surface area contributed by atoms with E-state index in [2.05, 4.69) is 0 Å². The number of nitrogens with zero attached hydrogens (tertiary/aromatic N) is 3. The van der Waals surface area contributed by atoms with Crippen LogP contribution >= 0.6 is 11.3 Å². The van der Waals surface area contributed by atoms with Crippen LogP contribution < -0.4 is 0 Å². The number of piperidine rings is 2. The third kappa shape index (κ3) is 7.09. The van der Waals surface area contributed by atoms with Gasteiger partial charge in [0.25, 0.3) is 0 Å². The number of benzene rings is 1. The summed E-state index contributed by atoms with van der Waals surface area (Å²) in [7, 11) is 1.37. The van der Waals surface area contributed by atoms with Crippen LogP contribution in [0.5, 0.6) is 0 Å². The first-order valence-electron chi connectivity index (χ1n) is 13.7. The number of carbonyl (C=O) groups excluding carboxylic acids is 3. The molecule has 42 heavy (non-hydrogen) atoms. The molecule has 2 fully saturated rings. The van der Waals surface area contributed by atoms with Gasteiger partial charge < -0.3 is 14.7 Å². The smallest absolute Gasteiger partial charge is 0.343 e. The molecule has 2 unspecified atom stereocenters. The molecule has 2 aliphatic heterocycles. The zero-order chi connectivity index (χ0) is 31.0. The summed E-state index contributed by atoms with van der Waals surface area (Å²) in [6.07, 6.45) is -8.55. The van der Waals surface area contributed by atoms with Crippen molar-refractivity contribution in [1.82, 2.24) is 14.7 Å². The quantitative estimate of drug-likeness (QED) is 0.390. The lowest BCUT2D eigenvalue weighted by Gasteiger charge is -2.41. The lowest BCUT2D eigenvalue weighted by atomic mass is 9.81. The monoisotopic (exact) mass is 617 g/mol. The van der Waals surface area contributed by atoms with Crippen molar-refractivity contribution in [2.75, 3.05) is 33.2 Å². The molecule has 230 valence electrons. The van der Waals surface area contributed by atoms with Crippen LogP contribution in [-0.2, 0) is 33.3 Å². The molecule has 13 heteroatoms. The number of carbonyl (C=O) groups is 3. The van der Waals surface area contributed by atoms with E-state index in [0.717, 1.165) is 10.4 Å². The summed E-state index contributed by atoms with van der Waals surface area (Å²) < 4.78 is 80.2. The lowest BCUT2D eigenvalue weighted by Crippen LogP contribution is -2.50. The van der Waals surface area contributed by atoms with Crippen molar-refractivity contribution in [2.24, 2.45) is 11.8 Å². The second-order valence-corrected chi connectivity index (χ2v) is 12.1. The summed E-state index contributed by atoms with van der Waals surface area (Å²) in [6, 6.07) is 3.25. The highest BCUT2D eigenvalue weighted by Crippen LogP contribution is 2.40. The van der Waals surface area contributed by atoms with Crippen molar-refractivity contribution < 1.29 is 40.7 Å². The van der Waals surface area contributed by atoms with Gasteiger partial charge in [-0.3, -0.25) is 14.4 Å². The minimum absolute atomic E-state index is 0.0275. The van der Waals surface area contributed by atoms with Crippen LogP contribution in [-0.4, -0.2) is 65.6 Å². The Morgan fingerprint density at radius 2 is 1.50 bits per heavy atom. The maximum Gasteiger partial charge on any atom is 0.416 e. The molecule has 0 saturated carbocycles. The van der Waals surface area contributed by atoms with Gasteiger partial charge in [-0.1, -0.05) is 0 Å². The van der Waals surface area contributed by atoms with Gasteiger partial charge in [-0.05, 0) is 67.0 Å². The van der Waals surface area contributed by atoms with Gasteiger partial charge in [0.15, 0.2) is 0 Å². The first-order valence-corrected chi connectivity index (χ1v) is 14.6. The molecule has 3 heterocycles. The normalized spacial score (nSPS) is 20.5. The second kappa shape index (κ2) is 12.3. The van der Waals surface area contributed by atoms with Crippen molar-refractivity contribution in [2.45, 2.75) is 57.9 Å². The van der Waals surface area contributed by atoms with E-state index < -0.39 is 41.8 Å². The van der Waals surface area contributed by atoms with Gasteiger partial charge in [0, 0.05) is 69.3 Å². The minimum Gasteiger partial charge on any atom is -0.343 e. The van der Waals surface area contributed by atoms with Gasteiger partial charge in [-0.25, -0.2) is 0 Å². The largest absolute Gasteiger partial charge is 0.416 e. The molecule has 0 bridgehead atoms. The molecule has 2 atom stereocenters. The van der Waals surface area contributed by atoms with Crippen molar-refractivity contribution in [3.8, 4) is 0 Å². The number of aryl methyl sites for hydroxylation is 1. The maximum absolute atomic E-state index is 13.7. The number of hydrogen-bond donors (Lipinski definition) is 0. The summed E-state index contributed by atoms with van der Waals surface area (Å²) in [4.78, 5) is 44.4. The van der Waals surface area contributed by atoms with Crippen molar-refractivity contribution >= 4 is 29.1 Å². The van der Waals surface area contributed by atoms with Crippen LogP contribution in [0.2, 0.25) is 0 Å². The third-order valence-electron chi connectivity index (χ3n) is 8.21. The Labute approximate surface area is 244 Å². The summed E-state index contributed by atoms with van der Waals surface area (Å²) in [6.45, 7) is 4.55. The Hall–Kier alpha value is -3.09. The fourth-order valence-corrected chi connectivity index (χ4v) is 7.01. The van der Waals surface area contributed by atoms with E-state index in [9.17, 15) is 40.7 Å². The van der Waals surface area contributed by atoms with Crippen LogP contribution in [0.1, 0.15) is 59.2 Å². The van der Waals surface area contributed by atoms with Gasteiger partial charge in [0.05, 0.1) is 11.1 Å². The van der Waals surface area contributed by atoms with Gasteiger partial charge in [-0.2, -0.15) is 26.3 Å². The number of hydrogen-bond acceptors (Lipinski definition) is 4. The van der Waals surface area contributed by atoms with E-state index in [0.29, 0.717) is 51.0 Å². The van der Waals surface area contributed by atoms with Crippen LogP contribution in [0, 0.1) is 18.8 Å².